The lowest BCUT2D eigenvalue weighted by Crippen LogP contribution is -2.23. The molecule has 1 rings (SSSR count). The van der Waals surface area contributed by atoms with E-state index in [9.17, 15) is 0 Å². The van der Waals surface area contributed by atoms with Crippen LogP contribution in [0.15, 0.2) is 0 Å². The standard InChI is InChI=1S/C12H26N2/c1-11(12-6-7-12)10-14-9-5-3-2-4-8-13/h11-12,14H,2-10,13H2,1H3. The van der Waals surface area contributed by atoms with Crippen molar-refractivity contribution in [2.45, 2.75) is 45.4 Å². The molecule has 0 spiro atoms. The van der Waals surface area contributed by atoms with E-state index in [1.165, 1.54) is 51.6 Å². The molecule has 2 nitrogen and oxygen atoms in total. The first-order chi connectivity index (χ1) is 6.84. The second-order valence-electron chi connectivity index (χ2n) is 4.72. The van der Waals surface area contributed by atoms with Crippen molar-refractivity contribution in [1.82, 2.24) is 5.32 Å². The maximum absolute atomic E-state index is 5.43. The van der Waals surface area contributed by atoms with E-state index in [2.05, 4.69) is 12.2 Å². The van der Waals surface area contributed by atoms with Crippen LogP contribution in [0.3, 0.4) is 0 Å². The summed E-state index contributed by atoms with van der Waals surface area (Å²) in [5.74, 6) is 1.94. The molecule has 1 aliphatic carbocycles. The Labute approximate surface area is 88.6 Å². The molecule has 0 aromatic carbocycles. The average Bonchev–Trinajstić information content (AvgIpc) is 2.99. The van der Waals surface area contributed by atoms with Crippen molar-refractivity contribution in [2.75, 3.05) is 19.6 Å². The summed E-state index contributed by atoms with van der Waals surface area (Å²) in [7, 11) is 0. The Balaban J connectivity index is 1.75. The van der Waals surface area contributed by atoms with Gasteiger partial charge in [-0.15, -0.1) is 0 Å². The summed E-state index contributed by atoms with van der Waals surface area (Å²) < 4.78 is 0. The summed E-state index contributed by atoms with van der Waals surface area (Å²) in [6.07, 6.45) is 8.09. The molecular weight excluding hydrogens is 172 g/mol. The molecule has 0 saturated heterocycles. The van der Waals surface area contributed by atoms with Crippen LogP contribution in [-0.2, 0) is 0 Å². The van der Waals surface area contributed by atoms with Gasteiger partial charge in [-0.05, 0) is 57.2 Å². The molecule has 1 saturated carbocycles. The van der Waals surface area contributed by atoms with Gasteiger partial charge in [0.1, 0.15) is 0 Å². The number of nitrogens with one attached hydrogen (secondary N) is 1. The highest BCUT2D eigenvalue weighted by molar-refractivity contribution is 4.79. The predicted molar refractivity (Wildman–Crippen MR) is 62.3 cm³/mol. The van der Waals surface area contributed by atoms with Crippen LogP contribution in [0.1, 0.15) is 45.4 Å². The third kappa shape index (κ3) is 5.61. The molecule has 0 amide bonds. The Morgan fingerprint density at radius 2 is 1.93 bits per heavy atom. The molecule has 84 valence electrons. The van der Waals surface area contributed by atoms with Gasteiger partial charge in [-0.25, -0.2) is 0 Å². The number of unbranched alkanes of at least 4 members (excludes halogenated alkanes) is 3. The van der Waals surface area contributed by atoms with Crippen molar-refractivity contribution < 1.29 is 0 Å². The van der Waals surface area contributed by atoms with Crippen molar-refractivity contribution in [3.8, 4) is 0 Å². The van der Waals surface area contributed by atoms with Gasteiger partial charge in [0.05, 0.1) is 0 Å². The molecule has 1 fully saturated rings. The monoisotopic (exact) mass is 198 g/mol. The normalized spacial score (nSPS) is 18.4. The van der Waals surface area contributed by atoms with Gasteiger partial charge in [0.25, 0.3) is 0 Å². The third-order valence-electron chi connectivity index (χ3n) is 3.20. The Hall–Kier alpha value is -0.0800. The first kappa shape index (κ1) is 12.0. The lowest BCUT2D eigenvalue weighted by Gasteiger charge is -2.10. The highest BCUT2D eigenvalue weighted by Crippen LogP contribution is 2.35. The zero-order chi connectivity index (χ0) is 10.2. The molecule has 1 aliphatic rings. The number of hydrogen-bond acceptors (Lipinski definition) is 2. The Bertz CT molecular complexity index is 132. The minimum absolute atomic E-state index is 0.853. The Kier molecular flexibility index (Phi) is 6.20. The number of hydrogen-bond donors (Lipinski definition) is 2. The van der Waals surface area contributed by atoms with Crippen LogP contribution in [0.25, 0.3) is 0 Å². The van der Waals surface area contributed by atoms with E-state index in [0.29, 0.717) is 0 Å². The first-order valence-corrected chi connectivity index (χ1v) is 6.25. The second-order valence-corrected chi connectivity index (χ2v) is 4.72. The van der Waals surface area contributed by atoms with Crippen molar-refractivity contribution in [2.24, 2.45) is 17.6 Å². The Morgan fingerprint density at radius 1 is 1.21 bits per heavy atom. The third-order valence-corrected chi connectivity index (χ3v) is 3.20. The van der Waals surface area contributed by atoms with Crippen molar-refractivity contribution >= 4 is 0 Å². The smallest absolute Gasteiger partial charge is 0.00205 e. The molecule has 0 heterocycles. The van der Waals surface area contributed by atoms with Crippen molar-refractivity contribution in [3.63, 3.8) is 0 Å². The van der Waals surface area contributed by atoms with E-state index < -0.39 is 0 Å². The molecule has 2 heteroatoms. The van der Waals surface area contributed by atoms with Crippen LogP contribution >= 0.6 is 0 Å². The summed E-state index contributed by atoms with van der Waals surface area (Å²) in [6.45, 7) is 5.65. The molecule has 1 atom stereocenters. The molecule has 1 unspecified atom stereocenters. The molecule has 14 heavy (non-hydrogen) atoms. The highest BCUT2D eigenvalue weighted by Gasteiger charge is 2.27. The molecule has 0 radical (unpaired) electrons. The summed E-state index contributed by atoms with van der Waals surface area (Å²) in [6, 6.07) is 0. The van der Waals surface area contributed by atoms with Crippen LogP contribution in [0.2, 0.25) is 0 Å². The van der Waals surface area contributed by atoms with E-state index in [4.69, 9.17) is 5.73 Å². The quantitative estimate of drug-likeness (QED) is 0.557. The zero-order valence-electron chi connectivity index (χ0n) is 9.60. The summed E-state index contributed by atoms with van der Waals surface area (Å²) >= 11 is 0. The molecule has 0 aliphatic heterocycles. The van der Waals surface area contributed by atoms with Gasteiger partial charge in [-0.3, -0.25) is 0 Å². The maximum atomic E-state index is 5.43. The highest BCUT2D eigenvalue weighted by atomic mass is 14.9. The topological polar surface area (TPSA) is 38.0 Å². The summed E-state index contributed by atoms with van der Waals surface area (Å²) in [5.41, 5.74) is 5.43. The largest absolute Gasteiger partial charge is 0.330 e. The van der Waals surface area contributed by atoms with E-state index in [1.807, 2.05) is 0 Å². The number of rotatable bonds is 9. The van der Waals surface area contributed by atoms with Crippen LogP contribution in [0, 0.1) is 11.8 Å². The first-order valence-electron chi connectivity index (χ1n) is 6.25. The van der Waals surface area contributed by atoms with Crippen LogP contribution in [-0.4, -0.2) is 19.6 Å². The van der Waals surface area contributed by atoms with Gasteiger partial charge in [0, 0.05) is 0 Å². The Morgan fingerprint density at radius 3 is 2.57 bits per heavy atom. The van der Waals surface area contributed by atoms with Gasteiger partial charge in [-0.2, -0.15) is 0 Å². The average molecular weight is 198 g/mol. The number of nitrogens with two attached hydrogens (primary N) is 1. The molecule has 3 N–H and O–H groups in total. The van der Waals surface area contributed by atoms with Crippen LogP contribution in [0.4, 0.5) is 0 Å². The second kappa shape index (κ2) is 7.24. The van der Waals surface area contributed by atoms with Crippen molar-refractivity contribution in [1.29, 1.82) is 0 Å². The van der Waals surface area contributed by atoms with Crippen LogP contribution in [0.5, 0.6) is 0 Å². The zero-order valence-corrected chi connectivity index (χ0v) is 9.60. The van der Waals surface area contributed by atoms with Gasteiger partial charge < -0.3 is 11.1 Å². The van der Waals surface area contributed by atoms with E-state index in [1.54, 1.807) is 0 Å². The SMILES string of the molecule is CC(CNCCCCCCN)C1CC1. The minimum atomic E-state index is 0.853. The lowest BCUT2D eigenvalue weighted by atomic mass is 10.1. The molecule has 0 aromatic rings. The van der Waals surface area contributed by atoms with E-state index in [0.717, 1.165) is 18.4 Å². The van der Waals surface area contributed by atoms with Gasteiger partial charge >= 0.3 is 0 Å². The fraction of sp³-hybridized carbons (Fsp3) is 1.00. The van der Waals surface area contributed by atoms with Crippen LogP contribution < -0.4 is 11.1 Å². The molecule has 0 bridgehead atoms. The lowest BCUT2D eigenvalue weighted by molar-refractivity contribution is 0.455. The van der Waals surface area contributed by atoms with E-state index in [-0.39, 0.29) is 0 Å². The fourth-order valence-electron chi connectivity index (χ4n) is 1.91. The van der Waals surface area contributed by atoms with E-state index >= 15 is 0 Å². The maximum Gasteiger partial charge on any atom is -0.00205 e. The van der Waals surface area contributed by atoms with Crippen molar-refractivity contribution in [3.05, 3.63) is 0 Å². The summed E-state index contributed by atoms with van der Waals surface area (Å²) in [5, 5.41) is 3.55. The predicted octanol–water partition coefficient (Wildman–Crippen LogP) is 2.14. The fourth-order valence-corrected chi connectivity index (χ4v) is 1.91. The summed E-state index contributed by atoms with van der Waals surface area (Å²) in [4.78, 5) is 0. The van der Waals surface area contributed by atoms with Gasteiger partial charge in [0.2, 0.25) is 0 Å². The molecular formula is C12H26N2. The van der Waals surface area contributed by atoms with Gasteiger partial charge in [-0.1, -0.05) is 19.8 Å². The minimum Gasteiger partial charge on any atom is -0.330 e. The van der Waals surface area contributed by atoms with Gasteiger partial charge in [0.15, 0.2) is 0 Å². The molecule has 0 aromatic heterocycles.